The third-order valence-electron chi connectivity index (χ3n) is 11.8. The Morgan fingerprint density at radius 3 is 1.19 bits per heavy atom. The van der Waals surface area contributed by atoms with Crippen molar-refractivity contribution in [3.05, 3.63) is 48.6 Å². The smallest absolute Gasteiger partial charge is 0.462 e. The predicted octanol–water partition coefficient (Wildman–Crippen LogP) is 17.7. The van der Waals surface area contributed by atoms with Gasteiger partial charge in [-0.2, -0.15) is 0 Å². The Hall–Kier alpha value is -1.99. The van der Waals surface area contributed by atoms with Crippen LogP contribution in [-0.4, -0.2) is 43.3 Å². The number of ether oxygens (including phenoxy) is 2. The average Bonchev–Trinajstić information content (AvgIpc) is 3.29. The maximum Gasteiger partial charge on any atom is 0.472 e. The SMILES string of the molecule is CC/C=C\C/C=C\C/C=C\C/C=C\CCCCCCCCCCC(=O)OC(COC(=O)CCCCCCCCCCCCCCCCCCCCCCCCCC)COP(=O)(O)OC. The third kappa shape index (κ3) is 49.4. The second-order valence-corrected chi connectivity index (χ2v) is 19.6. The van der Waals surface area contributed by atoms with Crippen molar-refractivity contribution in [2.45, 2.75) is 270 Å². The molecular weight excluding hydrogens is 820 g/mol. The molecule has 0 aliphatic rings. The van der Waals surface area contributed by atoms with Crippen molar-refractivity contribution >= 4 is 19.8 Å². The number of phosphoric acid groups is 1. The fourth-order valence-electron chi connectivity index (χ4n) is 7.77. The third-order valence-corrected chi connectivity index (χ3v) is 12.8. The summed E-state index contributed by atoms with van der Waals surface area (Å²) in [5.74, 6) is -0.802. The van der Waals surface area contributed by atoms with Crippen LogP contribution < -0.4 is 0 Å². The molecule has 0 saturated carbocycles. The van der Waals surface area contributed by atoms with Crippen LogP contribution in [0, 0.1) is 0 Å². The highest BCUT2D eigenvalue weighted by molar-refractivity contribution is 7.47. The zero-order valence-electron chi connectivity index (χ0n) is 41.9. The van der Waals surface area contributed by atoms with E-state index >= 15 is 0 Å². The second-order valence-electron chi connectivity index (χ2n) is 18.0. The van der Waals surface area contributed by atoms with Gasteiger partial charge in [0.05, 0.1) is 6.61 Å². The van der Waals surface area contributed by atoms with Crippen LogP contribution in [0.4, 0.5) is 0 Å². The van der Waals surface area contributed by atoms with Gasteiger partial charge in [-0.05, 0) is 51.4 Å². The lowest BCUT2D eigenvalue weighted by atomic mass is 10.0. The number of allylic oxidation sites excluding steroid dienone is 8. The molecule has 1 N–H and O–H groups in total. The number of hydrogen-bond donors (Lipinski definition) is 1. The average molecular weight is 921 g/mol. The van der Waals surface area contributed by atoms with Crippen molar-refractivity contribution in [2.24, 2.45) is 0 Å². The van der Waals surface area contributed by atoms with E-state index in [0.29, 0.717) is 12.8 Å². The van der Waals surface area contributed by atoms with Crippen LogP contribution in [0.2, 0.25) is 0 Å². The number of rotatable bonds is 50. The quantitative estimate of drug-likeness (QED) is 0.0278. The molecule has 8 nitrogen and oxygen atoms in total. The summed E-state index contributed by atoms with van der Waals surface area (Å²) in [4.78, 5) is 34.7. The minimum absolute atomic E-state index is 0.226. The molecule has 0 spiro atoms. The first-order valence-electron chi connectivity index (χ1n) is 26.8. The molecule has 0 radical (unpaired) electrons. The molecule has 0 amide bonds. The summed E-state index contributed by atoms with van der Waals surface area (Å²) in [6.07, 6.45) is 63.3. The van der Waals surface area contributed by atoms with Gasteiger partial charge in [0.1, 0.15) is 6.61 Å². The van der Waals surface area contributed by atoms with Crippen molar-refractivity contribution in [1.29, 1.82) is 0 Å². The topological polar surface area (TPSA) is 108 Å². The number of hydrogen-bond acceptors (Lipinski definition) is 7. The zero-order chi connectivity index (χ0) is 46.7. The van der Waals surface area contributed by atoms with Gasteiger partial charge in [-0.25, -0.2) is 4.57 Å². The molecule has 0 aromatic heterocycles. The van der Waals surface area contributed by atoms with Crippen LogP contribution in [0.3, 0.4) is 0 Å². The minimum atomic E-state index is -4.27. The monoisotopic (exact) mass is 921 g/mol. The zero-order valence-corrected chi connectivity index (χ0v) is 42.8. The fourth-order valence-corrected chi connectivity index (χ4v) is 8.23. The summed E-state index contributed by atoms with van der Waals surface area (Å²) in [6.45, 7) is 3.81. The lowest BCUT2D eigenvalue weighted by molar-refractivity contribution is -0.161. The van der Waals surface area contributed by atoms with Crippen molar-refractivity contribution in [3.63, 3.8) is 0 Å². The van der Waals surface area contributed by atoms with Gasteiger partial charge in [-0.15, -0.1) is 0 Å². The number of unbranched alkanes of at least 4 members (excludes halogenated alkanes) is 31. The van der Waals surface area contributed by atoms with Crippen LogP contribution in [0.1, 0.15) is 264 Å². The van der Waals surface area contributed by atoms with E-state index in [1.165, 1.54) is 161 Å². The summed E-state index contributed by atoms with van der Waals surface area (Å²) in [7, 11) is -3.20. The van der Waals surface area contributed by atoms with Crippen molar-refractivity contribution in [3.8, 4) is 0 Å². The Labute approximate surface area is 395 Å². The molecule has 0 aromatic carbocycles. The molecule has 0 bridgehead atoms. The maximum atomic E-state index is 12.6. The van der Waals surface area contributed by atoms with Gasteiger partial charge in [0.15, 0.2) is 6.10 Å². The first kappa shape index (κ1) is 62.0. The molecule has 64 heavy (non-hydrogen) atoms. The van der Waals surface area contributed by atoms with Crippen LogP contribution in [0.15, 0.2) is 48.6 Å². The predicted molar refractivity (Wildman–Crippen MR) is 272 cm³/mol. The van der Waals surface area contributed by atoms with E-state index in [2.05, 4.69) is 67.0 Å². The van der Waals surface area contributed by atoms with Gasteiger partial charge in [0.25, 0.3) is 0 Å². The Morgan fingerprint density at radius 1 is 0.453 bits per heavy atom. The maximum absolute atomic E-state index is 12.6. The lowest BCUT2D eigenvalue weighted by Crippen LogP contribution is -2.29. The van der Waals surface area contributed by atoms with E-state index in [0.717, 1.165) is 77.7 Å². The normalized spacial score (nSPS) is 13.5. The molecule has 0 aliphatic heterocycles. The van der Waals surface area contributed by atoms with E-state index in [1.54, 1.807) is 0 Å². The lowest BCUT2D eigenvalue weighted by Gasteiger charge is -2.19. The molecule has 9 heteroatoms. The van der Waals surface area contributed by atoms with Crippen LogP contribution in [0.25, 0.3) is 0 Å². The molecule has 2 unspecified atom stereocenters. The first-order valence-corrected chi connectivity index (χ1v) is 28.3. The number of carbonyl (C=O) groups excluding carboxylic acids is 2. The van der Waals surface area contributed by atoms with Crippen LogP contribution in [-0.2, 0) is 32.7 Å². The van der Waals surface area contributed by atoms with Crippen molar-refractivity contribution < 1.29 is 37.6 Å². The highest BCUT2D eigenvalue weighted by Gasteiger charge is 2.24. The number of esters is 2. The largest absolute Gasteiger partial charge is 0.472 e. The van der Waals surface area contributed by atoms with Gasteiger partial charge in [0.2, 0.25) is 0 Å². The molecule has 0 aliphatic carbocycles. The van der Waals surface area contributed by atoms with E-state index in [-0.39, 0.29) is 19.0 Å². The summed E-state index contributed by atoms with van der Waals surface area (Å²) >= 11 is 0. The molecule has 0 rings (SSSR count). The van der Waals surface area contributed by atoms with Gasteiger partial charge < -0.3 is 14.4 Å². The molecule has 0 fully saturated rings. The standard InChI is InChI=1S/C55H101O8P/c1-4-6-8-10-12-14-16-18-20-22-24-26-27-28-30-31-33-35-37-39-41-43-45-47-49-54(56)61-51-53(52-62-64(58,59)60-3)63-55(57)50-48-46-44-42-40-38-36-34-32-29-25-23-21-19-17-15-13-11-9-7-5-2/h7,9,13,15,19,21,25,29,53H,4-6,8,10-12,14,16-18,20,22-24,26-28,30-52H2,1-3H3,(H,58,59)/b9-7-,15-13-,21-19-,29-25-. The molecule has 0 saturated heterocycles. The Kier molecular flexibility index (Phi) is 48.9. The van der Waals surface area contributed by atoms with Crippen molar-refractivity contribution in [1.82, 2.24) is 0 Å². The molecule has 374 valence electrons. The summed E-state index contributed by atoms with van der Waals surface area (Å²) in [5, 5.41) is 0. The van der Waals surface area contributed by atoms with E-state index < -0.39 is 26.5 Å². The molecule has 0 heterocycles. The van der Waals surface area contributed by atoms with Gasteiger partial charge in [0, 0.05) is 20.0 Å². The van der Waals surface area contributed by atoms with E-state index in [9.17, 15) is 19.0 Å². The van der Waals surface area contributed by atoms with E-state index in [1.807, 2.05) is 0 Å². The summed E-state index contributed by atoms with van der Waals surface area (Å²) < 4.78 is 32.2. The second kappa shape index (κ2) is 50.4. The Balaban J connectivity index is 3.86. The number of carbonyl (C=O) groups is 2. The van der Waals surface area contributed by atoms with Crippen LogP contribution in [0.5, 0.6) is 0 Å². The van der Waals surface area contributed by atoms with Gasteiger partial charge >= 0.3 is 19.8 Å². The minimum Gasteiger partial charge on any atom is -0.462 e. The van der Waals surface area contributed by atoms with E-state index in [4.69, 9.17) is 14.0 Å². The Morgan fingerprint density at radius 2 is 0.797 bits per heavy atom. The summed E-state index contributed by atoms with van der Waals surface area (Å²) in [5.41, 5.74) is 0. The Bertz CT molecular complexity index is 1180. The fraction of sp³-hybridized carbons (Fsp3) is 0.818. The molecular formula is C55H101O8P. The van der Waals surface area contributed by atoms with Crippen molar-refractivity contribution in [2.75, 3.05) is 20.3 Å². The van der Waals surface area contributed by atoms with Gasteiger partial charge in [-0.1, -0.05) is 249 Å². The highest BCUT2D eigenvalue weighted by Crippen LogP contribution is 2.42. The van der Waals surface area contributed by atoms with Gasteiger partial charge in [-0.3, -0.25) is 18.6 Å². The first-order chi connectivity index (χ1) is 31.3. The highest BCUT2D eigenvalue weighted by atomic mass is 31.2. The molecule has 0 aromatic rings. The molecule has 2 atom stereocenters. The number of phosphoric ester groups is 1. The van der Waals surface area contributed by atoms with Crippen LogP contribution >= 0.6 is 7.82 Å². The summed E-state index contributed by atoms with van der Waals surface area (Å²) in [6, 6.07) is 0.